The van der Waals surface area contributed by atoms with E-state index in [9.17, 15) is 0 Å². The van der Waals surface area contributed by atoms with Crippen LogP contribution in [0.5, 0.6) is 0 Å². The van der Waals surface area contributed by atoms with E-state index < -0.39 is 0 Å². The smallest absolute Gasteiger partial charge is 0.203 e. The summed E-state index contributed by atoms with van der Waals surface area (Å²) >= 11 is 10.8. The third-order valence-electron chi connectivity index (χ3n) is 4.19. The van der Waals surface area contributed by atoms with Crippen molar-refractivity contribution in [3.63, 3.8) is 0 Å². The largest absolute Gasteiger partial charge is 0.269 e. The van der Waals surface area contributed by atoms with Crippen LogP contribution in [0.2, 0.25) is 5.02 Å². The molecule has 3 aromatic heterocycles. The molecule has 0 aliphatic heterocycles. The van der Waals surface area contributed by atoms with Gasteiger partial charge >= 0.3 is 0 Å². The van der Waals surface area contributed by atoms with Crippen molar-refractivity contribution in [3.8, 4) is 27.6 Å². The fourth-order valence-corrected chi connectivity index (χ4v) is 5.45. The first-order chi connectivity index (χ1) is 14.3. The molecule has 0 unspecified atom stereocenters. The van der Waals surface area contributed by atoms with Gasteiger partial charge in [-0.25, -0.2) is 4.98 Å². The molecule has 142 valence electrons. The molecule has 5 aromatic rings. The fourth-order valence-electron chi connectivity index (χ4n) is 2.85. The molecule has 4 nitrogen and oxygen atoms in total. The second-order valence-corrected chi connectivity index (χ2v) is 9.52. The van der Waals surface area contributed by atoms with Crippen molar-refractivity contribution in [1.29, 1.82) is 0 Å². The maximum atomic E-state index is 5.99. The minimum absolute atomic E-state index is 0.718. The van der Waals surface area contributed by atoms with Gasteiger partial charge in [0.15, 0.2) is 10.2 Å². The lowest BCUT2D eigenvalue weighted by atomic mass is 10.2. The van der Waals surface area contributed by atoms with E-state index >= 15 is 0 Å². The van der Waals surface area contributed by atoms with Crippen molar-refractivity contribution in [2.75, 3.05) is 0 Å². The quantitative estimate of drug-likeness (QED) is 0.290. The van der Waals surface area contributed by atoms with Crippen molar-refractivity contribution in [1.82, 2.24) is 19.7 Å². The maximum Gasteiger partial charge on any atom is 0.203 e. The molecule has 0 aliphatic carbocycles. The summed E-state index contributed by atoms with van der Waals surface area (Å²) in [7, 11) is 0. The molecule has 0 atom stereocenters. The van der Waals surface area contributed by atoms with Crippen molar-refractivity contribution in [2.45, 2.75) is 9.50 Å². The minimum Gasteiger partial charge on any atom is -0.269 e. The van der Waals surface area contributed by atoms with Crippen LogP contribution in [0.25, 0.3) is 27.6 Å². The number of hydrogen-bond acceptors (Lipinski definition) is 6. The molecule has 0 N–H and O–H groups in total. The molecule has 0 saturated heterocycles. The molecule has 29 heavy (non-hydrogen) atoms. The summed E-state index contributed by atoms with van der Waals surface area (Å²) < 4.78 is 3.00. The Labute approximate surface area is 184 Å². The van der Waals surface area contributed by atoms with Crippen LogP contribution >= 0.6 is 46.0 Å². The van der Waals surface area contributed by atoms with Gasteiger partial charge in [-0.15, -0.1) is 32.9 Å². The summed E-state index contributed by atoms with van der Waals surface area (Å²) in [6.45, 7) is 0. The Hall–Kier alpha value is -2.45. The highest BCUT2D eigenvalue weighted by Gasteiger charge is 2.18. The van der Waals surface area contributed by atoms with Crippen LogP contribution in [0.3, 0.4) is 0 Å². The first kappa shape index (κ1) is 18.6. The topological polar surface area (TPSA) is 43.6 Å². The van der Waals surface area contributed by atoms with E-state index in [1.54, 1.807) is 22.7 Å². The van der Waals surface area contributed by atoms with Gasteiger partial charge in [0.2, 0.25) is 5.16 Å². The second-order valence-electron chi connectivity index (χ2n) is 6.06. The van der Waals surface area contributed by atoms with Crippen LogP contribution < -0.4 is 0 Å². The van der Waals surface area contributed by atoms with E-state index in [0.717, 1.165) is 42.2 Å². The normalized spacial score (nSPS) is 11.1. The average Bonchev–Trinajstić information content (AvgIpc) is 3.50. The third-order valence-corrected chi connectivity index (χ3v) is 7.19. The Morgan fingerprint density at radius 1 is 0.862 bits per heavy atom. The van der Waals surface area contributed by atoms with Crippen LogP contribution in [0.15, 0.2) is 87.0 Å². The molecular weight excluding hydrogens is 440 g/mol. The number of thiophene rings is 1. The molecule has 3 heterocycles. The summed E-state index contributed by atoms with van der Waals surface area (Å²) in [5.74, 6) is 0.836. The monoisotopic (exact) mass is 452 g/mol. The Balaban J connectivity index is 1.51. The summed E-state index contributed by atoms with van der Waals surface area (Å²) in [6, 6.07) is 22.0. The Kier molecular flexibility index (Phi) is 5.20. The van der Waals surface area contributed by atoms with E-state index in [1.807, 2.05) is 53.9 Å². The number of halogens is 1. The van der Waals surface area contributed by atoms with E-state index in [4.69, 9.17) is 16.6 Å². The van der Waals surface area contributed by atoms with Gasteiger partial charge in [0, 0.05) is 21.7 Å². The number of rotatable bonds is 5. The maximum absolute atomic E-state index is 5.99. The third kappa shape index (κ3) is 3.86. The van der Waals surface area contributed by atoms with Crippen molar-refractivity contribution < 1.29 is 0 Å². The van der Waals surface area contributed by atoms with Gasteiger partial charge in [0.1, 0.15) is 0 Å². The number of para-hydroxylation sites is 1. The summed E-state index contributed by atoms with van der Waals surface area (Å²) in [4.78, 5) is 5.85. The summed E-state index contributed by atoms with van der Waals surface area (Å²) in [5, 5.41) is 14.5. The first-order valence-electron chi connectivity index (χ1n) is 8.72. The molecule has 8 heteroatoms. The molecule has 0 radical (unpaired) electrons. The van der Waals surface area contributed by atoms with Gasteiger partial charge in [0.25, 0.3) is 0 Å². The number of hydrogen-bond donors (Lipinski definition) is 0. The van der Waals surface area contributed by atoms with E-state index in [2.05, 4.69) is 38.3 Å². The zero-order valence-electron chi connectivity index (χ0n) is 14.9. The zero-order chi connectivity index (χ0) is 19.6. The van der Waals surface area contributed by atoms with E-state index in [1.165, 1.54) is 11.8 Å². The van der Waals surface area contributed by atoms with Gasteiger partial charge < -0.3 is 0 Å². The van der Waals surface area contributed by atoms with Gasteiger partial charge in [-0.1, -0.05) is 48.0 Å². The molecule has 0 amide bonds. The Morgan fingerprint density at radius 2 is 1.69 bits per heavy atom. The minimum atomic E-state index is 0.718. The standard InChI is InChI=1S/C21H13ClN4S3/c22-15-10-8-14(9-11-15)17-13-28-21(23-17)29-20-25-24-19(18-7-4-12-27-18)26(20)16-5-2-1-3-6-16/h1-13H. The Morgan fingerprint density at radius 3 is 2.45 bits per heavy atom. The highest BCUT2D eigenvalue weighted by Crippen LogP contribution is 2.36. The van der Waals surface area contributed by atoms with Crippen molar-refractivity contribution in [2.24, 2.45) is 0 Å². The van der Waals surface area contributed by atoms with Crippen LogP contribution in [-0.2, 0) is 0 Å². The van der Waals surface area contributed by atoms with Crippen molar-refractivity contribution in [3.05, 3.63) is 82.5 Å². The van der Waals surface area contributed by atoms with Gasteiger partial charge in [0.05, 0.1) is 10.6 Å². The predicted molar refractivity (Wildman–Crippen MR) is 121 cm³/mol. The molecule has 0 bridgehead atoms. The molecule has 0 spiro atoms. The van der Waals surface area contributed by atoms with Gasteiger partial charge in [-0.3, -0.25) is 4.57 Å². The molecule has 2 aromatic carbocycles. The molecule has 0 saturated carbocycles. The predicted octanol–water partition coefficient (Wildman–Crippen LogP) is 6.92. The Bertz CT molecular complexity index is 1230. The SMILES string of the molecule is Clc1ccc(-c2csc(Sc3nnc(-c4cccs4)n3-c3ccccc3)n2)cc1. The highest BCUT2D eigenvalue weighted by atomic mass is 35.5. The highest BCUT2D eigenvalue weighted by molar-refractivity contribution is 8.00. The molecule has 0 fully saturated rings. The molecule has 0 aliphatic rings. The lowest BCUT2D eigenvalue weighted by Gasteiger charge is -2.08. The molecule has 5 rings (SSSR count). The fraction of sp³-hybridized carbons (Fsp3) is 0. The second kappa shape index (κ2) is 8.12. The van der Waals surface area contributed by atoms with Gasteiger partial charge in [-0.05, 0) is 47.5 Å². The number of nitrogens with zero attached hydrogens (tertiary/aromatic N) is 4. The van der Waals surface area contributed by atoms with Gasteiger partial charge in [-0.2, -0.15) is 0 Å². The number of benzene rings is 2. The number of aromatic nitrogens is 4. The lowest BCUT2D eigenvalue weighted by molar-refractivity contribution is 0.886. The summed E-state index contributed by atoms with van der Waals surface area (Å²) in [6.07, 6.45) is 0. The van der Waals surface area contributed by atoms with Crippen LogP contribution in [-0.4, -0.2) is 19.7 Å². The summed E-state index contributed by atoms with van der Waals surface area (Å²) in [5.41, 5.74) is 3.00. The van der Waals surface area contributed by atoms with Crippen LogP contribution in [0.1, 0.15) is 0 Å². The average molecular weight is 453 g/mol. The lowest BCUT2D eigenvalue weighted by Crippen LogP contribution is -1.98. The van der Waals surface area contributed by atoms with E-state index in [0.29, 0.717) is 0 Å². The molecular formula is C21H13ClN4S3. The van der Waals surface area contributed by atoms with Crippen LogP contribution in [0, 0.1) is 0 Å². The first-order valence-corrected chi connectivity index (χ1v) is 11.7. The van der Waals surface area contributed by atoms with Crippen molar-refractivity contribution >= 4 is 46.0 Å². The zero-order valence-corrected chi connectivity index (χ0v) is 18.1. The van der Waals surface area contributed by atoms with Crippen LogP contribution in [0.4, 0.5) is 0 Å². The number of thiazole rings is 1. The van der Waals surface area contributed by atoms with E-state index in [-0.39, 0.29) is 0 Å².